The van der Waals surface area contributed by atoms with Gasteiger partial charge in [0.05, 0.1) is 30.6 Å². The predicted octanol–water partition coefficient (Wildman–Crippen LogP) is 3.82. The number of hydrogen-bond donors (Lipinski definition) is 1. The molecule has 6 heteroatoms. The van der Waals surface area contributed by atoms with Crippen LogP contribution in [-0.4, -0.2) is 27.8 Å². The largest absolute Gasteiger partial charge is 0.496 e. The fourth-order valence-electron chi connectivity index (χ4n) is 3.05. The molecule has 0 saturated heterocycles. The third kappa shape index (κ3) is 3.27. The van der Waals surface area contributed by atoms with E-state index in [1.165, 1.54) is 0 Å². The Morgan fingerprint density at radius 2 is 1.96 bits per heavy atom. The van der Waals surface area contributed by atoms with E-state index in [9.17, 15) is 4.79 Å². The minimum absolute atomic E-state index is 0.160. The maximum absolute atomic E-state index is 12.8. The molecule has 0 fully saturated rings. The summed E-state index contributed by atoms with van der Waals surface area (Å²) in [6.45, 7) is 7.89. The van der Waals surface area contributed by atoms with Crippen molar-refractivity contribution in [2.24, 2.45) is 0 Å². The molecule has 1 atom stereocenters. The normalized spacial score (nSPS) is 12.4. The molecule has 26 heavy (non-hydrogen) atoms. The van der Waals surface area contributed by atoms with Crippen molar-refractivity contribution in [2.45, 2.75) is 39.8 Å². The maximum Gasteiger partial charge on any atom is 0.253 e. The zero-order valence-corrected chi connectivity index (χ0v) is 15.8. The molecular formula is C20H24N4O2. The zero-order chi connectivity index (χ0) is 18.8. The molecule has 0 unspecified atom stereocenters. The van der Waals surface area contributed by atoms with Crippen LogP contribution >= 0.6 is 0 Å². The Morgan fingerprint density at radius 3 is 2.65 bits per heavy atom. The first-order valence-corrected chi connectivity index (χ1v) is 8.71. The SMILES string of the molecule is COc1ccccc1[C@H](C)NC(=O)c1cc2cnn(C(C)C)c2nc1C. The van der Waals surface area contributed by atoms with Crippen LogP contribution in [0.15, 0.2) is 36.5 Å². The smallest absolute Gasteiger partial charge is 0.253 e. The lowest BCUT2D eigenvalue weighted by molar-refractivity contribution is 0.0938. The molecule has 0 aliphatic heterocycles. The summed E-state index contributed by atoms with van der Waals surface area (Å²) in [5.74, 6) is 0.594. The molecule has 0 saturated carbocycles. The third-order valence-electron chi connectivity index (χ3n) is 4.45. The second-order valence-electron chi connectivity index (χ2n) is 6.65. The molecule has 1 N–H and O–H groups in total. The van der Waals surface area contributed by atoms with Crippen LogP contribution in [0.5, 0.6) is 5.75 Å². The zero-order valence-electron chi connectivity index (χ0n) is 15.8. The molecule has 0 spiro atoms. The van der Waals surface area contributed by atoms with E-state index in [0.717, 1.165) is 22.3 Å². The molecule has 2 aromatic heterocycles. The molecule has 3 rings (SSSR count). The molecule has 1 amide bonds. The van der Waals surface area contributed by atoms with E-state index in [1.807, 2.05) is 48.9 Å². The van der Waals surface area contributed by atoms with E-state index in [1.54, 1.807) is 13.3 Å². The van der Waals surface area contributed by atoms with E-state index < -0.39 is 0 Å². The van der Waals surface area contributed by atoms with Gasteiger partial charge in [-0.2, -0.15) is 5.10 Å². The maximum atomic E-state index is 12.8. The number of nitrogens with zero attached hydrogens (tertiary/aromatic N) is 3. The first kappa shape index (κ1) is 17.9. The summed E-state index contributed by atoms with van der Waals surface area (Å²) in [6.07, 6.45) is 1.75. The fraction of sp³-hybridized carbons (Fsp3) is 0.350. The lowest BCUT2D eigenvalue weighted by Crippen LogP contribution is -2.27. The van der Waals surface area contributed by atoms with Crippen molar-refractivity contribution >= 4 is 16.9 Å². The van der Waals surface area contributed by atoms with Crippen molar-refractivity contribution in [3.8, 4) is 5.75 Å². The lowest BCUT2D eigenvalue weighted by Gasteiger charge is -2.18. The van der Waals surface area contributed by atoms with E-state index in [0.29, 0.717) is 11.3 Å². The number of nitrogens with one attached hydrogen (secondary N) is 1. The monoisotopic (exact) mass is 352 g/mol. The summed E-state index contributed by atoms with van der Waals surface area (Å²) < 4.78 is 7.25. The van der Waals surface area contributed by atoms with Crippen molar-refractivity contribution in [2.75, 3.05) is 7.11 Å². The Balaban J connectivity index is 1.89. The minimum Gasteiger partial charge on any atom is -0.496 e. The summed E-state index contributed by atoms with van der Waals surface area (Å²) in [7, 11) is 1.63. The van der Waals surface area contributed by atoms with Gasteiger partial charge in [-0.3, -0.25) is 4.79 Å². The van der Waals surface area contributed by atoms with E-state index in [2.05, 4.69) is 29.2 Å². The highest BCUT2D eigenvalue weighted by atomic mass is 16.5. The van der Waals surface area contributed by atoms with Gasteiger partial charge in [-0.1, -0.05) is 18.2 Å². The van der Waals surface area contributed by atoms with Crippen LogP contribution in [-0.2, 0) is 0 Å². The van der Waals surface area contributed by atoms with Gasteiger partial charge in [0, 0.05) is 17.0 Å². The topological polar surface area (TPSA) is 69.0 Å². The number of rotatable bonds is 5. The first-order chi connectivity index (χ1) is 12.4. The molecule has 1 aromatic carbocycles. The van der Waals surface area contributed by atoms with Gasteiger partial charge in [-0.05, 0) is 39.8 Å². The van der Waals surface area contributed by atoms with Gasteiger partial charge in [-0.25, -0.2) is 9.67 Å². The fourth-order valence-corrected chi connectivity index (χ4v) is 3.05. The average Bonchev–Trinajstić information content (AvgIpc) is 3.03. The Kier molecular flexibility index (Phi) is 4.93. The van der Waals surface area contributed by atoms with Crippen molar-refractivity contribution < 1.29 is 9.53 Å². The molecular weight excluding hydrogens is 328 g/mol. The Morgan fingerprint density at radius 1 is 1.23 bits per heavy atom. The van der Waals surface area contributed by atoms with E-state index >= 15 is 0 Å². The molecule has 136 valence electrons. The number of amides is 1. The summed E-state index contributed by atoms with van der Waals surface area (Å²) in [4.78, 5) is 17.4. The van der Waals surface area contributed by atoms with Gasteiger partial charge in [-0.15, -0.1) is 0 Å². The quantitative estimate of drug-likeness (QED) is 0.758. The summed E-state index contributed by atoms with van der Waals surface area (Å²) in [5.41, 5.74) is 2.97. The lowest BCUT2D eigenvalue weighted by atomic mass is 10.1. The van der Waals surface area contributed by atoms with Gasteiger partial charge in [0.15, 0.2) is 5.65 Å². The number of fused-ring (bicyclic) bond motifs is 1. The Bertz CT molecular complexity index is 946. The molecule has 3 aromatic rings. The number of para-hydroxylation sites is 1. The number of pyridine rings is 1. The summed E-state index contributed by atoms with van der Waals surface area (Å²) in [6, 6.07) is 9.55. The number of methoxy groups -OCH3 is 1. The van der Waals surface area contributed by atoms with Crippen molar-refractivity contribution in [3.63, 3.8) is 0 Å². The van der Waals surface area contributed by atoms with Crippen molar-refractivity contribution in [1.82, 2.24) is 20.1 Å². The van der Waals surface area contributed by atoms with Gasteiger partial charge in [0.2, 0.25) is 0 Å². The van der Waals surface area contributed by atoms with Gasteiger partial charge >= 0.3 is 0 Å². The van der Waals surface area contributed by atoms with Gasteiger partial charge < -0.3 is 10.1 Å². The van der Waals surface area contributed by atoms with E-state index in [4.69, 9.17) is 4.74 Å². The number of carbonyl (C=O) groups is 1. The van der Waals surface area contributed by atoms with Crippen LogP contribution in [0.4, 0.5) is 0 Å². The summed E-state index contributed by atoms with van der Waals surface area (Å²) in [5, 5.41) is 8.27. The molecule has 0 radical (unpaired) electrons. The average molecular weight is 352 g/mol. The molecule has 6 nitrogen and oxygen atoms in total. The highest BCUT2D eigenvalue weighted by Gasteiger charge is 2.18. The standard InChI is InChI=1S/C20H24N4O2/c1-12(2)24-19-15(11-21-24)10-17(14(4)22-19)20(25)23-13(3)16-8-6-7-9-18(16)26-5/h6-13H,1-5H3,(H,23,25)/t13-/m0/s1. The van der Waals surface area contributed by atoms with Crippen molar-refractivity contribution in [1.29, 1.82) is 0 Å². The molecule has 0 aliphatic rings. The number of ether oxygens (including phenoxy) is 1. The second kappa shape index (κ2) is 7.15. The minimum atomic E-state index is -0.188. The number of benzene rings is 1. The van der Waals surface area contributed by atoms with Crippen LogP contribution in [0.1, 0.15) is 54.5 Å². The van der Waals surface area contributed by atoms with Crippen LogP contribution in [0.3, 0.4) is 0 Å². The highest BCUT2D eigenvalue weighted by molar-refractivity contribution is 5.98. The summed E-state index contributed by atoms with van der Waals surface area (Å²) >= 11 is 0. The Hall–Kier alpha value is -2.89. The molecule has 2 heterocycles. The number of aryl methyl sites for hydroxylation is 1. The van der Waals surface area contributed by atoms with Crippen LogP contribution in [0, 0.1) is 6.92 Å². The molecule has 0 bridgehead atoms. The van der Waals surface area contributed by atoms with Crippen LogP contribution < -0.4 is 10.1 Å². The van der Waals surface area contributed by atoms with Crippen LogP contribution in [0.2, 0.25) is 0 Å². The predicted molar refractivity (Wildman–Crippen MR) is 102 cm³/mol. The number of carbonyl (C=O) groups excluding carboxylic acids is 1. The van der Waals surface area contributed by atoms with Gasteiger partial charge in [0.1, 0.15) is 5.75 Å². The van der Waals surface area contributed by atoms with E-state index in [-0.39, 0.29) is 18.0 Å². The van der Waals surface area contributed by atoms with Gasteiger partial charge in [0.25, 0.3) is 5.91 Å². The number of aromatic nitrogens is 3. The third-order valence-corrected chi connectivity index (χ3v) is 4.45. The first-order valence-electron chi connectivity index (χ1n) is 8.71. The number of hydrogen-bond acceptors (Lipinski definition) is 4. The second-order valence-corrected chi connectivity index (χ2v) is 6.65. The molecule has 0 aliphatic carbocycles. The highest BCUT2D eigenvalue weighted by Crippen LogP contribution is 2.25. The van der Waals surface area contributed by atoms with Crippen LogP contribution in [0.25, 0.3) is 11.0 Å². The Labute approximate surface area is 153 Å². The van der Waals surface area contributed by atoms with Crippen molar-refractivity contribution in [3.05, 3.63) is 53.3 Å².